The van der Waals surface area contributed by atoms with Crippen molar-refractivity contribution in [1.82, 2.24) is 4.98 Å². The number of rotatable bonds is 4. The second-order valence-electron chi connectivity index (χ2n) is 3.18. The molecule has 1 heterocycles. The van der Waals surface area contributed by atoms with Crippen molar-refractivity contribution < 1.29 is 0 Å². The monoisotopic (exact) mass is 189 g/mol. The van der Waals surface area contributed by atoms with Crippen LogP contribution in [0.1, 0.15) is 18.9 Å². The van der Waals surface area contributed by atoms with Gasteiger partial charge in [-0.3, -0.25) is 0 Å². The van der Waals surface area contributed by atoms with Gasteiger partial charge in [-0.15, -0.1) is 0 Å². The number of anilines is 1. The van der Waals surface area contributed by atoms with Gasteiger partial charge in [-0.1, -0.05) is 0 Å². The Morgan fingerprint density at radius 2 is 2.36 bits per heavy atom. The molecule has 0 aliphatic heterocycles. The van der Waals surface area contributed by atoms with Gasteiger partial charge in [-0.2, -0.15) is 5.26 Å². The van der Waals surface area contributed by atoms with Crippen LogP contribution >= 0.6 is 0 Å². The van der Waals surface area contributed by atoms with E-state index >= 15 is 0 Å². The first-order valence-electron chi connectivity index (χ1n) is 4.82. The minimum atomic E-state index is 0.545. The zero-order valence-corrected chi connectivity index (χ0v) is 8.70. The van der Waals surface area contributed by atoms with Crippen LogP contribution in [0.4, 0.5) is 5.82 Å². The highest BCUT2D eigenvalue weighted by Crippen LogP contribution is 2.11. The molecule has 0 spiro atoms. The maximum atomic E-state index is 8.52. The van der Waals surface area contributed by atoms with E-state index in [1.54, 1.807) is 6.20 Å². The van der Waals surface area contributed by atoms with Gasteiger partial charge in [-0.25, -0.2) is 4.98 Å². The van der Waals surface area contributed by atoms with E-state index in [4.69, 9.17) is 5.26 Å². The molecule has 0 N–H and O–H groups in total. The molecule has 0 atom stereocenters. The Kier molecular flexibility index (Phi) is 3.93. The summed E-state index contributed by atoms with van der Waals surface area (Å²) in [6, 6.07) is 6.16. The molecule has 1 aromatic rings. The molecular weight excluding hydrogens is 174 g/mol. The van der Waals surface area contributed by atoms with Crippen LogP contribution in [0.2, 0.25) is 0 Å². The maximum absolute atomic E-state index is 8.52. The number of hydrogen-bond acceptors (Lipinski definition) is 3. The molecule has 1 rings (SSSR count). The summed E-state index contributed by atoms with van der Waals surface area (Å²) in [4.78, 5) is 6.39. The lowest BCUT2D eigenvalue weighted by Gasteiger charge is -2.20. The fourth-order valence-corrected chi connectivity index (χ4v) is 1.31. The standard InChI is InChI=1S/C11H15N3/c1-3-14(8-4-6-12)11-9-10(2)5-7-13-11/h5,7,9H,3-4,8H2,1-2H3. The van der Waals surface area contributed by atoms with Gasteiger partial charge in [0, 0.05) is 19.3 Å². The van der Waals surface area contributed by atoms with Crippen molar-refractivity contribution in [2.75, 3.05) is 18.0 Å². The third kappa shape index (κ3) is 2.74. The van der Waals surface area contributed by atoms with Gasteiger partial charge in [0.05, 0.1) is 12.5 Å². The van der Waals surface area contributed by atoms with E-state index in [9.17, 15) is 0 Å². The summed E-state index contributed by atoms with van der Waals surface area (Å²) < 4.78 is 0. The lowest BCUT2D eigenvalue weighted by atomic mass is 10.3. The predicted octanol–water partition coefficient (Wildman–Crippen LogP) is 2.13. The summed E-state index contributed by atoms with van der Waals surface area (Å²) in [5.74, 6) is 0.961. The van der Waals surface area contributed by atoms with Crippen molar-refractivity contribution in [3.63, 3.8) is 0 Å². The lowest BCUT2D eigenvalue weighted by Crippen LogP contribution is -2.24. The van der Waals surface area contributed by atoms with Crippen molar-refractivity contribution >= 4 is 5.82 Å². The van der Waals surface area contributed by atoms with Crippen LogP contribution < -0.4 is 4.90 Å². The Balaban J connectivity index is 2.74. The zero-order valence-electron chi connectivity index (χ0n) is 8.70. The van der Waals surface area contributed by atoms with E-state index in [1.807, 2.05) is 19.1 Å². The highest BCUT2D eigenvalue weighted by Gasteiger charge is 2.04. The summed E-state index contributed by atoms with van der Waals surface area (Å²) in [5, 5.41) is 8.52. The Morgan fingerprint density at radius 1 is 1.57 bits per heavy atom. The number of nitrogens with zero attached hydrogens (tertiary/aromatic N) is 3. The molecular formula is C11H15N3. The molecule has 0 unspecified atom stereocenters. The van der Waals surface area contributed by atoms with Crippen LogP contribution in [0.5, 0.6) is 0 Å². The molecule has 0 aliphatic rings. The maximum Gasteiger partial charge on any atom is 0.128 e. The molecule has 0 fully saturated rings. The fourth-order valence-electron chi connectivity index (χ4n) is 1.31. The molecule has 0 aliphatic carbocycles. The van der Waals surface area contributed by atoms with Gasteiger partial charge in [-0.05, 0) is 31.5 Å². The smallest absolute Gasteiger partial charge is 0.128 e. The molecule has 0 saturated heterocycles. The van der Waals surface area contributed by atoms with Crippen LogP contribution in [-0.2, 0) is 0 Å². The van der Waals surface area contributed by atoms with Gasteiger partial charge >= 0.3 is 0 Å². The van der Waals surface area contributed by atoms with Crippen LogP contribution in [0, 0.1) is 18.3 Å². The van der Waals surface area contributed by atoms with Crippen LogP contribution in [0.3, 0.4) is 0 Å². The summed E-state index contributed by atoms with van der Waals surface area (Å²) in [6.07, 6.45) is 2.35. The van der Waals surface area contributed by atoms with E-state index in [-0.39, 0.29) is 0 Å². The third-order valence-corrected chi connectivity index (χ3v) is 2.10. The second kappa shape index (κ2) is 5.23. The molecule has 0 bridgehead atoms. The minimum Gasteiger partial charge on any atom is -0.356 e. The third-order valence-electron chi connectivity index (χ3n) is 2.10. The number of aromatic nitrogens is 1. The average Bonchev–Trinajstić information content (AvgIpc) is 2.19. The molecule has 0 radical (unpaired) electrons. The van der Waals surface area contributed by atoms with Crippen molar-refractivity contribution in [2.45, 2.75) is 20.3 Å². The first-order valence-corrected chi connectivity index (χ1v) is 4.82. The van der Waals surface area contributed by atoms with Gasteiger partial charge < -0.3 is 4.90 Å². The number of hydrogen-bond donors (Lipinski definition) is 0. The largest absolute Gasteiger partial charge is 0.356 e. The number of aryl methyl sites for hydroxylation is 1. The Bertz CT molecular complexity index is 328. The normalized spacial score (nSPS) is 9.50. The topological polar surface area (TPSA) is 39.9 Å². The molecule has 3 heteroatoms. The molecule has 0 saturated carbocycles. The van der Waals surface area contributed by atoms with Gasteiger partial charge in [0.1, 0.15) is 5.82 Å². The van der Waals surface area contributed by atoms with E-state index in [2.05, 4.69) is 22.9 Å². The Hall–Kier alpha value is -1.56. The Morgan fingerprint density at radius 3 is 2.93 bits per heavy atom. The van der Waals surface area contributed by atoms with Gasteiger partial charge in [0.15, 0.2) is 0 Å². The average molecular weight is 189 g/mol. The van der Waals surface area contributed by atoms with Crippen molar-refractivity contribution in [1.29, 1.82) is 5.26 Å². The van der Waals surface area contributed by atoms with Crippen LogP contribution in [0.25, 0.3) is 0 Å². The van der Waals surface area contributed by atoms with E-state index in [0.29, 0.717) is 6.42 Å². The molecule has 14 heavy (non-hydrogen) atoms. The van der Waals surface area contributed by atoms with Crippen molar-refractivity contribution in [2.24, 2.45) is 0 Å². The molecule has 0 aromatic carbocycles. The number of nitriles is 1. The summed E-state index contributed by atoms with van der Waals surface area (Å²) >= 11 is 0. The SMILES string of the molecule is CCN(CCC#N)c1cc(C)ccn1. The number of pyridine rings is 1. The summed E-state index contributed by atoms with van der Waals surface area (Å²) in [7, 11) is 0. The van der Waals surface area contributed by atoms with Crippen LogP contribution in [0.15, 0.2) is 18.3 Å². The van der Waals surface area contributed by atoms with Crippen molar-refractivity contribution in [3.8, 4) is 6.07 Å². The summed E-state index contributed by atoms with van der Waals surface area (Å²) in [6.45, 7) is 5.76. The fraction of sp³-hybridized carbons (Fsp3) is 0.455. The second-order valence-corrected chi connectivity index (χ2v) is 3.18. The van der Waals surface area contributed by atoms with Gasteiger partial charge in [0.25, 0.3) is 0 Å². The van der Waals surface area contributed by atoms with Crippen molar-refractivity contribution in [3.05, 3.63) is 23.9 Å². The van der Waals surface area contributed by atoms with Crippen LogP contribution in [-0.4, -0.2) is 18.1 Å². The quantitative estimate of drug-likeness (QED) is 0.728. The van der Waals surface area contributed by atoms with E-state index in [1.165, 1.54) is 5.56 Å². The summed E-state index contributed by atoms with van der Waals surface area (Å²) in [5.41, 5.74) is 1.20. The first-order chi connectivity index (χ1) is 6.77. The lowest BCUT2D eigenvalue weighted by molar-refractivity contribution is 0.810. The molecule has 74 valence electrons. The van der Waals surface area contributed by atoms with Gasteiger partial charge in [0.2, 0.25) is 0 Å². The van der Waals surface area contributed by atoms with E-state index < -0.39 is 0 Å². The molecule has 3 nitrogen and oxygen atoms in total. The predicted molar refractivity (Wildman–Crippen MR) is 57.1 cm³/mol. The Labute approximate surface area is 85.0 Å². The first kappa shape index (κ1) is 10.5. The molecule has 1 aromatic heterocycles. The molecule has 0 amide bonds. The zero-order chi connectivity index (χ0) is 10.4. The van der Waals surface area contributed by atoms with E-state index in [0.717, 1.165) is 18.9 Å². The highest BCUT2D eigenvalue weighted by atomic mass is 15.2. The highest BCUT2D eigenvalue weighted by molar-refractivity contribution is 5.40. The minimum absolute atomic E-state index is 0.545.